The van der Waals surface area contributed by atoms with E-state index in [0.29, 0.717) is 29.0 Å². The Hall–Kier alpha value is -2.85. The van der Waals surface area contributed by atoms with Crippen molar-refractivity contribution in [2.24, 2.45) is 22.7 Å². The molecule has 4 heteroatoms. The summed E-state index contributed by atoms with van der Waals surface area (Å²) in [5.74, 6) is 4.40. The van der Waals surface area contributed by atoms with Gasteiger partial charge in [0.05, 0.1) is 12.2 Å². The van der Waals surface area contributed by atoms with Gasteiger partial charge in [-0.1, -0.05) is 71.9 Å². The highest BCUT2D eigenvalue weighted by atomic mass is 16.5. The molecule has 2 heterocycles. The third-order valence-electron chi connectivity index (χ3n) is 10.9. The van der Waals surface area contributed by atoms with Gasteiger partial charge in [0, 0.05) is 18.9 Å². The van der Waals surface area contributed by atoms with Crippen LogP contribution in [0.25, 0.3) is 11.1 Å². The average Bonchev–Trinajstić information content (AvgIpc) is 3.06. The van der Waals surface area contributed by atoms with E-state index in [4.69, 9.17) is 9.47 Å². The van der Waals surface area contributed by atoms with Crippen LogP contribution >= 0.6 is 0 Å². The van der Waals surface area contributed by atoms with Crippen molar-refractivity contribution in [2.45, 2.75) is 124 Å². The lowest BCUT2D eigenvalue weighted by Gasteiger charge is -2.37. The van der Waals surface area contributed by atoms with Crippen molar-refractivity contribution in [1.29, 1.82) is 0 Å². The third kappa shape index (κ3) is 10.1. The molecule has 2 saturated carbocycles. The molecule has 3 fully saturated rings. The zero-order valence-electron chi connectivity index (χ0n) is 29.6. The Bertz CT molecular complexity index is 1280. The number of pyridine rings is 1. The second-order valence-electron chi connectivity index (χ2n) is 16.3. The number of rotatable bonds is 6. The van der Waals surface area contributed by atoms with E-state index in [-0.39, 0.29) is 0 Å². The first-order valence-electron chi connectivity index (χ1n) is 18.2. The fourth-order valence-electron chi connectivity index (χ4n) is 7.69. The van der Waals surface area contributed by atoms with E-state index >= 15 is 0 Å². The van der Waals surface area contributed by atoms with Crippen LogP contribution in [0, 0.1) is 22.7 Å². The van der Waals surface area contributed by atoms with Crippen LogP contribution in [-0.4, -0.2) is 30.3 Å². The number of nitrogens with zero attached hydrogens (tertiary/aromatic N) is 1. The Morgan fingerprint density at radius 2 is 1.13 bits per heavy atom. The molecule has 3 aliphatic rings. The summed E-state index contributed by atoms with van der Waals surface area (Å²) in [6.07, 6.45) is 17.0. The Balaban J connectivity index is 0.000000181. The van der Waals surface area contributed by atoms with Gasteiger partial charge in [0.15, 0.2) is 0 Å². The lowest BCUT2D eigenvalue weighted by atomic mass is 9.72. The third-order valence-corrected chi connectivity index (χ3v) is 10.9. The van der Waals surface area contributed by atoms with Crippen LogP contribution in [-0.2, 0) is 0 Å². The largest absolute Gasteiger partial charge is 0.490 e. The molecular formula is C42H60N2O2. The van der Waals surface area contributed by atoms with Gasteiger partial charge in [-0.15, -0.1) is 0 Å². The van der Waals surface area contributed by atoms with Gasteiger partial charge in [-0.2, -0.15) is 0 Å². The summed E-state index contributed by atoms with van der Waals surface area (Å²) in [4.78, 5) is 4.17. The molecule has 1 atom stereocenters. The van der Waals surface area contributed by atoms with E-state index in [2.05, 4.69) is 106 Å². The van der Waals surface area contributed by atoms with Crippen molar-refractivity contribution in [3.63, 3.8) is 0 Å². The molecule has 2 aliphatic carbocycles. The Morgan fingerprint density at radius 3 is 1.57 bits per heavy atom. The second-order valence-corrected chi connectivity index (χ2v) is 16.3. The van der Waals surface area contributed by atoms with Crippen molar-refractivity contribution in [2.75, 3.05) is 13.1 Å². The van der Waals surface area contributed by atoms with E-state index in [1.807, 2.05) is 12.3 Å². The molecule has 250 valence electrons. The van der Waals surface area contributed by atoms with Crippen molar-refractivity contribution in [1.82, 2.24) is 10.3 Å². The molecule has 1 saturated heterocycles. The molecule has 4 nitrogen and oxygen atoms in total. The van der Waals surface area contributed by atoms with E-state index in [0.717, 1.165) is 35.4 Å². The van der Waals surface area contributed by atoms with Crippen molar-refractivity contribution < 1.29 is 9.47 Å². The first-order valence-corrected chi connectivity index (χ1v) is 18.2. The molecule has 1 unspecified atom stereocenters. The van der Waals surface area contributed by atoms with Gasteiger partial charge in [0.2, 0.25) is 0 Å². The normalized spacial score (nSPS) is 25.6. The number of hydrogen-bond acceptors (Lipinski definition) is 4. The number of hydrogen-bond donors (Lipinski definition) is 1. The summed E-state index contributed by atoms with van der Waals surface area (Å²) in [7, 11) is 0. The van der Waals surface area contributed by atoms with Crippen LogP contribution in [0.1, 0.15) is 117 Å². The summed E-state index contributed by atoms with van der Waals surface area (Å²) >= 11 is 0. The second kappa shape index (κ2) is 15.8. The molecule has 0 spiro atoms. The predicted molar refractivity (Wildman–Crippen MR) is 193 cm³/mol. The topological polar surface area (TPSA) is 43.4 Å². The van der Waals surface area contributed by atoms with Crippen molar-refractivity contribution >= 4 is 0 Å². The molecule has 0 radical (unpaired) electrons. The highest BCUT2D eigenvalue weighted by molar-refractivity contribution is 5.62. The summed E-state index contributed by atoms with van der Waals surface area (Å²) < 4.78 is 12.4. The van der Waals surface area contributed by atoms with Crippen LogP contribution in [0.3, 0.4) is 0 Å². The van der Waals surface area contributed by atoms with E-state index < -0.39 is 0 Å². The van der Waals surface area contributed by atoms with Gasteiger partial charge in [0.1, 0.15) is 11.5 Å². The zero-order valence-corrected chi connectivity index (χ0v) is 29.6. The van der Waals surface area contributed by atoms with Gasteiger partial charge in [0.25, 0.3) is 0 Å². The van der Waals surface area contributed by atoms with Gasteiger partial charge in [-0.25, -0.2) is 0 Å². The minimum Gasteiger partial charge on any atom is -0.490 e. The lowest BCUT2D eigenvalue weighted by molar-refractivity contribution is 0.0880. The quantitative estimate of drug-likeness (QED) is 0.296. The van der Waals surface area contributed by atoms with Crippen molar-refractivity contribution in [3.05, 3.63) is 78.6 Å². The monoisotopic (exact) mass is 624 g/mol. The minimum atomic E-state index is 0.373. The standard InChI is InChI=1S/C21H33NO.C21H27NO/c2*1-21(2,3)18-8-12-20(13-9-18)23-19-10-6-16(7-11-19)17-5-4-14-22-15-17/h6-7,10-11,17-18,20,22H,4-5,8-9,12-15H2,1-3H3;4-7,10-11,14-15,18,20H,8-9,12-13H2,1-3H3. The number of nitrogens with one attached hydrogen (secondary N) is 1. The molecule has 6 rings (SSSR count). The van der Waals surface area contributed by atoms with Crippen LogP contribution in [0.15, 0.2) is 73.1 Å². The van der Waals surface area contributed by atoms with Crippen LogP contribution in [0.2, 0.25) is 0 Å². The van der Waals surface area contributed by atoms with Gasteiger partial charge in [-0.05, 0) is 146 Å². The number of ether oxygens (including phenoxy) is 2. The number of piperidine rings is 1. The highest BCUT2D eigenvalue weighted by Gasteiger charge is 2.31. The molecule has 0 amide bonds. The minimum absolute atomic E-state index is 0.373. The fraction of sp³-hybridized carbons (Fsp3) is 0.595. The Morgan fingerprint density at radius 1 is 0.609 bits per heavy atom. The molecule has 1 N–H and O–H groups in total. The fourth-order valence-corrected chi connectivity index (χ4v) is 7.69. The maximum Gasteiger partial charge on any atom is 0.119 e. The molecule has 0 bridgehead atoms. The van der Waals surface area contributed by atoms with Crippen molar-refractivity contribution in [3.8, 4) is 22.6 Å². The SMILES string of the molecule is CC(C)(C)C1CCC(Oc2ccc(-c3cccnc3)cc2)CC1.CC(C)(C)C1CCC(Oc2ccc(C3CCCNC3)cc2)CC1. The molecule has 1 aromatic heterocycles. The molecule has 1 aliphatic heterocycles. The highest BCUT2D eigenvalue weighted by Crippen LogP contribution is 2.40. The van der Waals surface area contributed by atoms with Crippen LogP contribution in [0.4, 0.5) is 0 Å². The van der Waals surface area contributed by atoms with Crippen LogP contribution < -0.4 is 14.8 Å². The Labute approximate surface area is 280 Å². The molecule has 3 aromatic rings. The number of benzene rings is 2. The van der Waals surface area contributed by atoms with Gasteiger partial charge in [-0.3, -0.25) is 4.98 Å². The number of aromatic nitrogens is 1. The average molecular weight is 625 g/mol. The lowest BCUT2D eigenvalue weighted by Crippen LogP contribution is -2.30. The first kappa shape index (κ1) is 34.5. The smallest absolute Gasteiger partial charge is 0.119 e. The summed E-state index contributed by atoms with van der Waals surface area (Å²) in [5.41, 5.74) is 4.66. The molecular weight excluding hydrogens is 564 g/mol. The maximum absolute atomic E-state index is 6.24. The van der Waals surface area contributed by atoms with Gasteiger partial charge < -0.3 is 14.8 Å². The van der Waals surface area contributed by atoms with E-state index in [9.17, 15) is 0 Å². The zero-order chi connectivity index (χ0) is 32.6. The molecule has 46 heavy (non-hydrogen) atoms. The predicted octanol–water partition coefficient (Wildman–Crippen LogP) is 10.9. The van der Waals surface area contributed by atoms with Crippen LogP contribution in [0.5, 0.6) is 11.5 Å². The molecule has 2 aromatic carbocycles. The summed E-state index contributed by atoms with van der Waals surface area (Å²) in [5, 5.41) is 3.50. The van der Waals surface area contributed by atoms with E-state index in [1.54, 1.807) is 6.20 Å². The Kier molecular flexibility index (Phi) is 11.9. The first-order chi connectivity index (χ1) is 22.0. The van der Waals surface area contributed by atoms with E-state index in [1.165, 1.54) is 81.9 Å². The van der Waals surface area contributed by atoms with Gasteiger partial charge >= 0.3 is 0 Å². The summed E-state index contributed by atoms with van der Waals surface area (Å²) in [6.45, 7) is 16.5. The summed E-state index contributed by atoms with van der Waals surface area (Å²) in [6, 6.07) is 21.3. The maximum atomic E-state index is 6.24.